The van der Waals surface area contributed by atoms with E-state index in [1.165, 1.54) is 0 Å². The first-order chi connectivity index (χ1) is 10.1. The van der Waals surface area contributed by atoms with Crippen molar-refractivity contribution in [2.24, 2.45) is 7.05 Å². The Labute approximate surface area is 124 Å². The van der Waals surface area contributed by atoms with Crippen LogP contribution in [0, 0.1) is 0 Å². The Kier molecular flexibility index (Phi) is 3.69. The molecular formula is C14H18N4O2S. The van der Waals surface area contributed by atoms with Crippen molar-refractivity contribution in [2.75, 3.05) is 18.4 Å². The molecular weight excluding hydrogens is 288 g/mol. The van der Waals surface area contributed by atoms with Crippen LogP contribution in [0.1, 0.15) is 11.3 Å². The van der Waals surface area contributed by atoms with Gasteiger partial charge in [-0.15, -0.1) is 0 Å². The Bertz CT molecular complexity index is 752. The Balaban J connectivity index is 1.68. The maximum absolute atomic E-state index is 12.3. The fourth-order valence-corrected chi connectivity index (χ4v) is 3.57. The summed E-state index contributed by atoms with van der Waals surface area (Å²) in [7, 11) is -1.61. The predicted molar refractivity (Wildman–Crippen MR) is 80.7 cm³/mol. The van der Waals surface area contributed by atoms with E-state index >= 15 is 0 Å². The third-order valence-electron chi connectivity index (χ3n) is 3.69. The lowest BCUT2D eigenvalue weighted by Crippen LogP contribution is -2.26. The number of rotatable bonds is 5. The zero-order chi connectivity index (χ0) is 14.9. The van der Waals surface area contributed by atoms with Crippen molar-refractivity contribution < 1.29 is 8.42 Å². The minimum absolute atomic E-state index is 0.329. The highest BCUT2D eigenvalue weighted by molar-refractivity contribution is 7.89. The van der Waals surface area contributed by atoms with Gasteiger partial charge < -0.3 is 5.32 Å². The number of benzene rings is 1. The minimum atomic E-state index is -3.46. The van der Waals surface area contributed by atoms with E-state index < -0.39 is 10.0 Å². The fraction of sp³-hybridized carbons (Fsp3) is 0.357. The average Bonchev–Trinajstić information content (AvgIpc) is 3.07. The fourth-order valence-electron chi connectivity index (χ4n) is 2.49. The van der Waals surface area contributed by atoms with Gasteiger partial charge in [0.25, 0.3) is 0 Å². The molecule has 2 heterocycles. The van der Waals surface area contributed by atoms with Crippen molar-refractivity contribution in [1.82, 2.24) is 14.5 Å². The molecule has 0 radical (unpaired) electrons. The van der Waals surface area contributed by atoms with E-state index in [0.29, 0.717) is 17.9 Å². The molecule has 1 aromatic carbocycles. The molecule has 0 fully saturated rings. The second-order valence-corrected chi connectivity index (χ2v) is 6.86. The van der Waals surface area contributed by atoms with E-state index in [1.54, 1.807) is 23.0 Å². The van der Waals surface area contributed by atoms with Crippen LogP contribution in [0.4, 0.5) is 5.69 Å². The number of hydrogen-bond acceptors (Lipinski definition) is 4. The molecule has 0 saturated carbocycles. The highest BCUT2D eigenvalue weighted by Crippen LogP contribution is 2.24. The Morgan fingerprint density at radius 2 is 2.24 bits per heavy atom. The third-order valence-corrected chi connectivity index (χ3v) is 5.15. The van der Waals surface area contributed by atoms with Crippen molar-refractivity contribution in [1.29, 1.82) is 0 Å². The minimum Gasteiger partial charge on any atom is -0.384 e. The van der Waals surface area contributed by atoms with Crippen molar-refractivity contribution >= 4 is 15.7 Å². The van der Waals surface area contributed by atoms with Crippen LogP contribution in [0.3, 0.4) is 0 Å². The van der Waals surface area contributed by atoms with Crippen molar-refractivity contribution in [3.8, 4) is 0 Å². The van der Waals surface area contributed by atoms with Crippen LogP contribution < -0.4 is 10.0 Å². The Morgan fingerprint density at radius 1 is 1.38 bits per heavy atom. The molecule has 1 aliphatic heterocycles. The van der Waals surface area contributed by atoms with Crippen LogP contribution in [0.5, 0.6) is 0 Å². The molecule has 1 aliphatic rings. The standard InChI is InChI=1S/C14H18N4O2S/c1-18-12(5-8-16-18)6-9-17-21(19,20)13-2-3-14-11(10-13)4-7-15-14/h2-3,5,8,10,15,17H,4,6-7,9H2,1H3. The van der Waals surface area contributed by atoms with Gasteiger partial charge in [-0.1, -0.05) is 0 Å². The Morgan fingerprint density at radius 3 is 3.00 bits per heavy atom. The zero-order valence-corrected chi connectivity index (χ0v) is 12.7. The van der Waals surface area contributed by atoms with Crippen LogP contribution in [-0.2, 0) is 29.9 Å². The summed E-state index contributed by atoms with van der Waals surface area (Å²) < 4.78 is 29.0. The molecule has 0 saturated heterocycles. The number of aromatic nitrogens is 2. The first-order valence-electron chi connectivity index (χ1n) is 6.89. The largest absolute Gasteiger partial charge is 0.384 e. The van der Waals surface area contributed by atoms with Crippen LogP contribution in [-0.4, -0.2) is 31.3 Å². The second-order valence-electron chi connectivity index (χ2n) is 5.09. The molecule has 2 aromatic rings. The molecule has 0 aliphatic carbocycles. The molecule has 0 unspecified atom stereocenters. The molecule has 6 nitrogen and oxygen atoms in total. The normalized spacial score (nSPS) is 14.0. The highest BCUT2D eigenvalue weighted by atomic mass is 32.2. The summed E-state index contributed by atoms with van der Waals surface area (Å²) in [4.78, 5) is 0.329. The predicted octanol–water partition coefficient (Wildman–Crippen LogP) is 0.909. The summed E-state index contributed by atoms with van der Waals surface area (Å²) in [6.45, 7) is 1.23. The van der Waals surface area contributed by atoms with Crippen LogP contribution in [0.2, 0.25) is 0 Å². The third kappa shape index (κ3) is 2.93. The van der Waals surface area contributed by atoms with E-state index in [1.807, 2.05) is 19.2 Å². The summed E-state index contributed by atoms with van der Waals surface area (Å²) in [5, 5.41) is 7.28. The number of anilines is 1. The van der Waals surface area contributed by atoms with Crippen molar-refractivity contribution in [3.63, 3.8) is 0 Å². The van der Waals surface area contributed by atoms with E-state index in [-0.39, 0.29) is 0 Å². The number of nitrogens with zero attached hydrogens (tertiary/aromatic N) is 2. The Hall–Kier alpha value is -1.86. The average molecular weight is 306 g/mol. The highest BCUT2D eigenvalue weighted by Gasteiger charge is 2.17. The van der Waals surface area contributed by atoms with Crippen LogP contribution >= 0.6 is 0 Å². The lowest BCUT2D eigenvalue weighted by Gasteiger charge is -2.08. The molecule has 0 spiro atoms. The molecule has 21 heavy (non-hydrogen) atoms. The van der Waals surface area contributed by atoms with Gasteiger partial charge in [-0.2, -0.15) is 5.10 Å². The van der Waals surface area contributed by atoms with Crippen molar-refractivity contribution in [2.45, 2.75) is 17.7 Å². The molecule has 0 bridgehead atoms. The summed E-state index contributed by atoms with van der Waals surface area (Å²) in [5.74, 6) is 0. The van der Waals surface area contributed by atoms with E-state index in [0.717, 1.165) is 29.9 Å². The van der Waals surface area contributed by atoms with Crippen molar-refractivity contribution in [3.05, 3.63) is 41.7 Å². The summed E-state index contributed by atoms with van der Waals surface area (Å²) in [5.41, 5.74) is 3.09. The summed E-state index contributed by atoms with van der Waals surface area (Å²) >= 11 is 0. The van der Waals surface area contributed by atoms with E-state index in [4.69, 9.17) is 0 Å². The molecule has 7 heteroatoms. The quantitative estimate of drug-likeness (QED) is 0.861. The van der Waals surface area contributed by atoms with Gasteiger partial charge in [-0.3, -0.25) is 4.68 Å². The first-order valence-corrected chi connectivity index (χ1v) is 8.38. The van der Waals surface area contributed by atoms with Gasteiger partial charge in [-0.25, -0.2) is 13.1 Å². The molecule has 2 N–H and O–H groups in total. The van der Waals surface area contributed by atoms with Gasteiger partial charge in [0.2, 0.25) is 10.0 Å². The van der Waals surface area contributed by atoms with Gasteiger partial charge in [0.1, 0.15) is 0 Å². The van der Waals surface area contributed by atoms with Gasteiger partial charge in [0, 0.05) is 44.1 Å². The summed E-state index contributed by atoms with van der Waals surface area (Å²) in [6, 6.07) is 7.11. The molecule has 112 valence electrons. The second kappa shape index (κ2) is 5.50. The maximum Gasteiger partial charge on any atom is 0.240 e. The SMILES string of the molecule is Cn1nccc1CCNS(=O)(=O)c1ccc2c(c1)CCN2. The zero-order valence-electron chi connectivity index (χ0n) is 11.8. The van der Waals surface area contributed by atoms with Gasteiger partial charge in [0.15, 0.2) is 0 Å². The topological polar surface area (TPSA) is 76.0 Å². The number of sulfonamides is 1. The van der Waals surface area contributed by atoms with Crippen LogP contribution in [0.15, 0.2) is 35.4 Å². The molecule has 1 aromatic heterocycles. The van der Waals surface area contributed by atoms with Crippen LogP contribution in [0.25, 0.3) is 0 Å². The number of fused-ring (bicyclic) bond motifs is 1. The smallest absolute Gasteiger partial charge is 0.240 e. The molecule has 0 amide bonds. The number of nitrogens with one attached hydrogen (secondary N) is 2. The lowest BCUT2D eigenvalue weighted by molar-refractivity contribution is 0.579. The number of aryl methyl sites for hydroxylation is 1. The van der Waals surface area contributed by atoms with E-state index in [9.17, 15) is 8.42 Å². The van der Waals surface area contributed by atoms with Gasteiger partial charge in [0.05, 0.1) is 4.90 Å². The molecule has 3 rings (SSSR count). The maximum atomic E-state index is 12.3. The van der Waals surface area contributed by atoms with E-state index in [2.05, 4.69) is 15.1 Å². The monoisotopic (exact) mass is 306 g/mol. The number of hydrogen-bond donors (Lipinski definition) is 2. The van der Waals surface area contributed by atoms with Gasteiger partial charge in [-0.05, 0) is 36.2 Å². The summed E-state index contributed by atoms with van der Waals surface area (Å²) in [6.07, 6.45) is 3.19. The van der Waals surface area contributed by atoms with Gasteiger partial charge >= 0.3 is 0 Å². The lowest BCUT2D eigenvalue weighted by atomic mass is 10.2. The first kappa shape index (κ1) is 14.1. The molecule has 0 atom stereocenters.